The molecule has 0 aliphatic rings. The summed E-state index contributed by atoms with van der Waals surface area (Å²) in [6.45, 7) is 0. The van der Waals surface area contributed by atoms with Gasteiger partial charge in [0.25, 0.3) is 0 Å². The van der Waals surface area contributed by atoms with Crippen LogP contribution in [0.3, 0.4) is 0 Å². The topological polar surface area (TPSA) is 0 Å². The Bertz CT molecular complexity index is 374. The summed E-state index contributed by atoms with van der Waals surface area (Å²) in [4.78, 5) is 0. The molecule has 0 N–H and O–H groups in total. The molecule has 0 atom stereocenters. The van der Waals surface area contributed by atoms with E-state index in [0.29, 0.717) is 0 Å². The predicted molar refractivity (Wildman–Crippen MR) is 43.6 cm³/mol. The maximum absolute atomic E-state index is 3.04. The van der Waals surface area contributed by atoms with Crippen LogP contribution >= 0.6 is 0 Å². The second-order valence-electron chi connectivity index (χ2n) is 2.48. The summed E-state index contributed by atoms with van der Waals surface area (Å²) in [6, 6.07) is 14.6. The first-order valence-electron chi connectivity index (χ1n) is 3.53. The van der Waals surface area contributed by atoms with Gasteiger partial charge in [0, 0.05) is 0 Å². The van der Waals surface area contributed by atoms with Gasteiger partial charge >= 0.3 is 74.0 Å². The summed E-state index contributed by atoms with van der Waals surface area (Å²) < 4.78 is 1.23. The molecule has 11 heavy (non-hydrogen) atoms. The molecule has 0 nitrogen and oxygen atoms in total. The second-order valence-corrected chi connectivity index (χ2v) is 3.16. The molecule has 0 heterocycles. The molecule has 0 bridgehead atoms. The molecule has 2 aromatic rings. The molecule has 0 aromatic heterocycles. The van der Waals surface area contributed by atoms with Crippen LogP contribution in [0.4, 0.5) is 0 Å². The van der Waals surface area contributed by atoms with E-state index in [1.54, 1.807) is 0 Å². The molecule has 0 radical (unpaired) electrons. The van der Waals surface area contributed by atoms with Gasteiger partial charge in [-0.15, -0.1) is 0 Å². The molecule has 0 saturated heterocycles. The van der Waals surface area contributed by atoms with Gasteiger partial charge in [-0.1, -0.05) is 0 Å². The maximum atomic E-state index is 3.04. The molecule has 0 fully saturated rings. The van der Waals surface area contributed by atoms with Crippen LogP contribution in [0.15, 0.2) is 42.5 Å². The minimum atomic E-state index is 1.23. The summed E-state index contributed by atoms with van der Waals surface area (Å²) in [5, 5.41) is 2.60. The van der Waals surface area contributed by atoms with E-state index in [1.807, 2.05) is 0 Å². The van der Waals surface area contributed by atoms with Crippen LogP contribution in [0, 0.1) is 0 Å². The van der Waals surface area contributed by atoms with E-state index < -0.39 is 0 Å². The van der Waals surface area contributed by atoms with Gasteiger partial charge in [0.1, 0.15) is 0 Å². The van der Waals surface area contributed by atoms with Gasteiger partial charge in [0.05, 0.1) is 0 Å². The first-order chi connectivity index (χ1) is 5.38. The average molecular weight is 179 g/mol. The summed E-state index contributed by atoms with van der Waals surface area (Å²) in [5.74, 6) is 0. The molecule has 2 rings (SSSR count). The SMILES string of the molecule is [Cr][c]1cccc2ccccc12. The van der Waals surface area contributed by atoms with Crippen molar-refractivity contribution < 1.29 is 16.3 Å². The molecular formula is C10H7Cr. The third-order valence-corrected chi connectivity index (χ3v) is 2.31. The number of hydrogen-bond acceptors (Lipinski definition) is 0. The van der Waals surface area contributed by atoms with Gasteiger partial charge in [-0.3, -0.25) is 0 Å². The zero-order valence-corrected chi connectivity index (χ0v) is 7.22. The number of benzene rings is 2. The molecule has 0 saturated carbocycles. The molecule has 53 valence electrons. The van der Waals surface area contributed by atoms with Gasteiger partial charge in [-0.05, 0) is 0 Å². The Labute approximate surface area is 74.3 Å². The van der Waals surface area contributed by atoms with E-state index in [-0.39, 0.29) is 0 Å². The average Bonchev–Trinajstić information content (AvgIpc) is 2.06. The Hall–Kier alpha value is -0.768. The van der Waals surface area contributed by atoms with E-state index in [1.165, 1.54) is 15.2 Å². The standard InChI is InChI=1S/C10H7.Cr/c1-2-6-10-8-4-3-7-9(10)5-1;/h1-7H;. The van der Waals surface area contributed by atoms with E-state index in [9.17, 15) is 0 Å². The molecule has 2 aromatic carbocycles. The number of rotatable bonds is 0. The van der Waals surface area contributed by atoms with Crippen molar-refractivity contribution in [3.05, 3.63) is 42.5 Å². The Kier molecular flexibility index (Phi) is 1.69. The van der Waals surface area contributed by atoms with Gasteiger partial charge in [-0.25, -0.2) is 0 Å². The fraction of sp³-hybridized carbons (Fsp3) is 0. The minimum absolute atomic E-state index is 1.23. The Balaban J connectivity index is 2.91. The third-order valence-electron chi connectivity index (χ3n) is 1.75. The molecule has 0 amide bonds. The molecule has 0 aliphatic carbocycles. The zero-order valence-electron chi connectivity index (χ0n) is 5.95. The van der Waals surface area contributed by atoms with Gasteiger partial charge < -0.3 is 0 Å². The van der Waals surface area contributed by atoms with Crippen molar-refractivity contribution in [2.24, 2.45) is 0 Å². The summed E-state index contributed by atoms with van der Waals surface area (Å²) in [6.07, 6.45) is 0. The van der Waals surface area contributed by atoms with Crippen LogP contribution in [0.25, 0.3) is 10.8 Å². The van der Waals surface area contributed by atoms with Crippen LogP contribution in [-0.2, 0) is 16.3 Å². The third kappa shape index (κ3) is 1.18. The Morgan fingerprint density at radius 1 is 0.818 bits per heavy atom. The van der Waals surface area contributed by atoms with Gasteiger partial charge in [0.15, 0.2) is 0 Å². The van der Waals surface area contributed by atoms with Crippen molar-refractivity contribution in [3.8, 4) is 0 Å². The van der Waals surface area contributed by atoms with Crippen molar-refractivity contribution in [2.75, 3.05) is 0 Å². The van der Waals surface area contributed by atoms with Crippen LogP contribution in [0.1, 0.15) is 0 Å². The molecule has 0 aliphatic heterocycles. The second kappa shape index (κ2) is 2.70. The zero-order chi connectivity index (χ0) is 7.68. The van der Waals surface area contributed by atoms with Crippen molar-refractivity contribution in [1.82, 2.24) is 0 Å². The van der Waals surface area contributed by atoms with Gasteiger partial charge in [-0.2, -0.15) is 0 Å². The fourth-order valence-electron chi connectivity index (χ4n) is 1.20. The molecular weight excluding hydrogens is 172 g/mol. The van der Waals surface area contributed by atoms with Crippen molar-refractivity contribution >= 4 is 15.2 Å². The molecule has 0 unspecified atom stereocenters. The van der Waals surface area contributed by atoms with Crippen molar-refractivity contribution in [2.45, 2.75) is 0 Å². The monoisotopic (exact) mass is 179 g/mol. The van der Waals surface area contributed by atoms with Crippen LogP contribution < -0.4 is 4.43 Å². The first kappa shape index (κ1) is 6.91. The molecule has 1 heteroatoms. The van der Waals surface area contributed by atoms with E-state index in [4.69, 9.17) is 0 Å². The van der Waals surface area contributed by atoms with Crippen LogP contribution in [0.5, 0.6) is 0 Å². The van der Waals surface area contributed by atoms with Crippen molar-refractivity contribution in [1.29, 1.82) is 0 Å². The number of fused-ring (bicyclic) bond motifs is 1. The number of hydrogen-bond donors (Lipinski definition) is 0. The normalized spacial score (nSPS) is 10.2. The van der Waals surface area contributed by atoms with Crippen molar-refractivity contribution in [3.63, 3.8) is 0 Å². The van der Waals surface area contributed by atoms with Crippen LogP contribution in [-0.4, -0.2) is 0 Å². The van der Waals surface area contributed by atoms with Gasteiger partial charge in [0.2, 0.25) is 0 Å². The summed E-state index contributed by atoms with van der Waals surface area (Å²) in [7, 11) is 0. The fourth-order valence-corrected chi connectivity index (χ4v) is 1.61. The summed E-state index contributed by atoms with van der Waals surface area (Å²) in [5.41, 5.74) is 0. The van der Waals surface area contributed by atoms with Crippen LogP contribution in [0.2, 0.25) is 0 Å². The van der Waals surface area contributed by atoms with E-state index in [0.717, 1.165) is 0 Å². The molecule has 0 spiro atoms. The summed E-state index contributed by atoms with van der Waals surface area (Å²) >= 11 is 3.04. The van der Waals surface area contributed by atoms with E-state index in [2.05, 4.69) is 58.8 Å². The Morgan fingerprint density at radius 3 is 2.36 bits per heavy atom. The first-order valence-corrected chi connectivity index (χ1v) is 4.16. The quantitative estimate of drug-likeness (QED) is 0.580. The predicted octanol–water partition coefficient (Wildman–Crippen LogP) is 2.01. The van der Waals surface area contributed by atoms with E-state index >= 15 is 0 Å². The Morgan fingerprint density at radius 2 is 1.55 bits per heavy atom.